The van der Waals surface area contributed by atoms with Crippen molar-refractivity contribution in [2.75, 3.05) is 11.2 Å². The first-order valence-corrected chi connectivity index (χ1v) is 6.23. The number of anilines is 1. The van der Waals surface area contributed by atoms with Crippen molar-refractivity contribution in [3.63, 3.8) is 0 Å². The molecule has 0 aliphatic rings. The molecule has 7 heteroatoms. The van der Waals surface area contributed by atoms with Gasteiger partial charge < -0.3 is 5.32 Å². The van der Waals surface area contributed by atoms with Crippen LogP contribution in [0, 0.1) is 5.41 Å². The van der Waals surface area contributed by atoms with E-state index in [4.69, 9.17) is 23.2 Å². The predicted molar refractivity (Wildman–Crippen MR) is 69.6 cm³/mol. The number of amides is 1. The minimum Gasteiger partial charge on any atom is -0.324 e. The maximum absolute atomic E-state index is 12.4. The summed E-state index contributed by atoms with van der Waals surface area (Å²) in [7, 11) is 0. The molecule has 1 rings (SSSR count). The predicted octanol–water partition coefficient (Wildman–Crippen LogP) is 4.56. The summed E-state index contributed by atoms with van der Waals surface area (Å²) in [5, 5.41) is 2.28. The highest BCUT2D eigenvalue weighted by atomic mass is 35.5. The molecule has 0 atom stereocenters. The standard InChI is InChI=1S/C12H12Cl2F3NO/c1-11(2,6-13)10(19)18-9-4-3-7(5-8(9)14)12(15,16)17/h3-5H,6H2,1-2H3,(H,18,19). The van der Waals surface area contributed by atoms with Crippen LogP contribution in [0.25, 0.3) is 0 Å². The van der Waals surface area contributed by atoms with Gasteiger partial charge in [-0.2, -0.15) is 13.2 Å². The molecule has 0 aliphatic carbocycles. The summed E-state index contributed by atoms with van der Waals surface area (Å²) in [6.45, 7) is 3.24. The number of benzene rings is 1. The smallest absolute Gasteiger partial charge is 0.324 e. The molecular weight excluding hydrogens is 302 g/mol. The van der Waals surface area contributed by atoms with Crippen LogP contribution >= 0.6 is 23.2 Å². The molecule has 1 N–H and O–H groups in total. The van der Waals surface area contributed by atoms with E-state index in [2.05, 4.69) is 5.32 Å². The van der Waals surface area contributed by atoms with E-state index in [9.17, 15) is 18.0 Å². The molecule has 19 heavy (non-hydrogen) atoms. The second-order valence-corrected chi connectivity index (χ2v) is 5.34. The summed E-state index contributed by atoms with van der Waals surface area (Å²) in [6, 6.07) is 2.74. The summed E-state index contributed by atoms with van der Waals surface area (Å²) in [5.74, 6) is -0.332. The Morgan fingerprint density at radius 2 is 1.89 bits per heavy atom. The van der Waals surface area contributed by atoms with Crippen LogP contribution in [0.5, 0.6) is 0 Å². The van der Waals surface area contributed by atoms with E-state index in [1.807, 2.05) is 0 Å². The molecule has 0 saturated heterocycles. The third-order valence-electron chi connectivity index (χ3n) is 2.49. The van der Waals surface area contributed by atoms with E-state index >= 15 is 0 Å². The van der Waals surface area contributed by atoms with Crippen LogP contribution in [-0.2, 0) is 11.0 Å². The average Bonchev–Trinajstić information content (AvgIpc) is 2.30. The fraction of sp³-hybridized carbons (Fsp3) is 0.417. The second kappa shape index (κ2) is 5.59. The van der Waals surface area contributed by atoms with Crippen molar-refractivity contribution in [1.82, 2.24) is 0 Å². The number of rotatable bonds is 3. The average molecular weight is 314 g/mol. The lowest BCUT2D eigenvalue weighted by Gasteiger charge is -2.21. The number of halogens is 5. The number of carbonyl (C=O) groups excluding carboxylic acids is 1. The molecule has 1 aromatic carbocycles. The molecule has 0 heterocycles. The third kappa shape index (κ3) is 4.01. The van der Waals surface area contributed by atoms with Gasteiger partial charge in [-0.05, 0) is 32.0 Å². The number of hydrogen-bond acceptors (Lipinski definition) is 1. The fourth-order valence-corrected chi connectivity index (χ4v) is 1.49. The number of hydrogen-bond donors (Lipinski definition) is 1. The zero-order valence-corrected chi connectivity index (χ0v) is 11.7. The first kappa shape index (κ1) is 16.1. The van der Waals surface area contributed by atoms with Gasteiger partial charge in [-0.3, -0.25) is 4.79 Å². The summed E-state index contributed by atoms with van der Waals surface area (Å²) in [4.78, 5) is 11.8. The topological polar surface area (TPSA) is 29.1 Å². The molecule has 0 fully saturated rings. The van der Waals surface area contributed by atoms with E-state index in [1.54, 1.807) is 13.8 Å². The molecule has 2 nitrogen and oxygen atoms in total. The zero-order chi connectivity index (χ0) is 14.8. The van der Waals surface area contributed by atoms with Crippen LogP contribution in [0.3, 0.4) is 0 Å². The molecule has 1 amide bonds. The zero-order valence-electron chi connectivity index (χ0n) is 10.2. The van der Waals surface area contributed by atoms with Crippen LogP contribution in [0.4, 0.5) is 18.9 Å². The number of nitrogens with one attached hydrogen (secondary N) is 1. The van der Waals surface area contributed by atoms with E-state index < -0.39 is 23.1 Å². The van der Waals surface area contributed by atoms with E-state index in [-0.39, 0.29) is 16.6 Å². The van der Waals surface area contributed by atoms with Crippen LogP contribution in [0.15, 0.2) is 18.2 Å². The largest absolute Gasteiger partial charge is 0.416 e. The Morgan fingerprint density at radius 3 is 2.32 bits per heavy atom. The molecule has 0 aliphatic heterocycles. The lowest BCUT2D eigenvalue weighted by Crippen LogP contribution is -2.32. The Bertz CT molecular complexity index is 486. The number of carbonyl (C=O) groups is 1. The maximum atomic E-state index is 12.4. The highest BCUT2D eigenvalue weighted by Gasteiger charge is 2.31. The minimum atomic E-state index is -4.47. The summed E-state index contributed by atoms with van der Waals surface area (Å²) in [6.07, 6.45) is -4.47. The maximum Gasteiger partial charge on any atom is 0.416 e. The first-order valence-electron chi connectivity index (χ1n) is 5.32. The monoisotopic (exact) mass is 313 g/mol. The highest BCUT2D eigenvalue weighted by Crippen LogP contribution is 2.34. The Kier molecular flexibility index (Phi) is 4.74. The van der Waals surface area contributed by atoms with Crippen molar-refractivity contribution < 1.29 is 18.0 Å². The fourth-order valence-electron chi connectivity index (χ4n) is 1.14. The summed E-state index contributed by atoms with van der Waals surface area (Å²) < 4.78 is 37.3. The molecular formula is C12H12Cl2F3NO. The quantitative estimate of drug-likeness (QED) is 0.814. The minimum absolute atomic E-state index is 0.0804. The van der Waals surface area contributed by atoms with Crippen LogP contribution in [0.2, 0.25) is 5.02 Å². The van der Waals surface area contributed by atoms with Crippen molar-refractivity contribution in [2.45, 2.75) is 20.0 Å². The van der Waals surface area contributed by atoms with Crippen molar-refractivity contribution in [1.29, 1.82) is 0 Å². The normalized spacial score (nSPS) is 12.4. The molecule has 0 aromatic heterocycles. The SMILES string of the molecule is CC(C)(CCl)C(=O)Nc1ccc(C(F)(F)F)cc1Cl. The molecule has 0 unspecified atom stereocenters. The van der Waals surface area contributed by atoms with Crippen molar-refractivity contribution in [3.8, 4) is 0 Å². The van der Waals surface area contributed by atoms with Crippen molar-refractivity contribution in [2.24, 2.45) is 5.41 Å². The molecule has 0 bridgehead atoms. The Hall–Kier alpha value is -0.940. The van der Waals surface area contributed by atoms with Gasteiger partial charge in [0.05, 0.1) is 21.7 Å². The molecule has 0 spiro atoms. The van der Waals surface area contributed by atoms with Gasteiger partial charge in [0.15, 0.2) is 0 Å². The van der Waals surface area contributed by atoms with Gasteiger partial charge in [-0.25, -0.2) is 0 Å². The number of alkyl halides is 4. The van der Waals surface area contributed by atoms with Gasteiger partial charge in [0, 0.05) is 5.88 Å². The molecule has 0 radical (unpaired) electrons. The van der Waals surface area contributed by atoms with Gasteiger partial charge in [0.1, 0.15) is 0 Å². The molecule has 106 valence electrons. The van der Waals surface area contributed by atoms with Gasteiger partial charge in [0.2, 0.25) is 5.91 Å². The lowest BCUT2D eigenvalue weighted by molar-refractivity contribution is -0.137. The first-order chi connectivity index (χ1) is 8.58. The summed E-state index contributed by atoms with van der Waals surface area (Å²) in [5.41, 5.74) is -1.59. The van der Waals surface area contributed by atoms with E-state index in [1.165, 1.54) is 0 Å². The van der Waals surface area contributed by atoms with E-state index in [0.717, 1.165) is 18.2 Å². The molecule has 0 saturated carbocycles. The van der Waals surface area contributed by atoms with Gasteiger partial charge >= 0.3 is 6.18 Å². The second-order valence-electron chi connectivity index (χ2n) is 4.66. The van der Waals surface area contributed by atoms with Crippen LogP contribution in [0.1, 0.15) is 19.4 Å². The van der Waals surface area contributed by atoms with Crippen LogP contribution in [-0.4, -0.2) is 11.8 Å². The van der Waals surface area contributed by atoms with Gasteiger partial charge in [0.25, 0.3) is 0 Å². The van der Waals surface area contributed by atoms with Crippen molar-refractivity contribution in [3.05, 3.63) is 28.8 Å². The molecule has 1 aromatic rings. The van der Waals surface area contributed by atoms with Gasteiger partial charge in [-0.15, -0.1) is 11.6 Å². The van der Waals surface area contributed by atoms with E-state index in [0.29, 0.717) is 0 Å². The Balaban J connectivity index is 2.96. The Labute approximate surface area is 118 Å². The van der Waals surface area contributed by atoms with Crippen molar-refractivity contribution >= 4 is 34.8 Å². The van der Waals surface area contributed by atoms with Gasteiger partial charge in [-0.1, -0.05) is 11.6 Å². The highest BCUT2D eigenvalue weighted by molar-refractivity contribution is 6.33. The lowest BCUT2D eigenvalue weighted by atomic mass is 9.95. The van der Waals surface area contributed by atoms with Crippen LogP contribution < -0.4 is 5.32 Å². The Morgan fingerprint density at radius 1 is 1.32 bits per heavy atom. The third-order valence-corrected chi connectivity index (χ3v) is 3.47. The summed E-state index contributed by atoms with van der Waals surface area (Å²) >= 11 is 11.4.